The van der Waals surface area contributed by atoms with Gasteiger partial charge in [0.1, 0.15) is 0 Å². The van der Waals surface area contributed by atoms with Crippen LogP contribution in [0.25, 0.3) is 10.6 Å². The fourth-order valence-corrected chi connectivity index (χ4v) is 4.51. The molecule has 1 N–H and O–H groups in total. The quantitative estimate of drug-likeness (QED) is 0.586. The van der Waals surface area contributed by atoms with E-state index in [9.17, 15) is 4.79 Å². The molecule has 0 atom stereocenters. The van der Waals surface area contributed by atoms with E-state index in [1.54, 1.807) is 22.7 Å². The first kappa shape index (κ1) is 18.6. The molecule has 3 rings (SSSR count). The number of nitrogens with zero attached hydrogens (tertiary/aromatic N) is 2. The summed E-state index contributed by atoms with van der Waals surface area (Å²) in [5, 5.41) is 6.08. The molecule has 1 aromatic carbocycles. The Labute approximate surface area is 162 Å². The number of benzene rings is 1. The van der Waals surface area contributed by atoms with E-state index < -0.39 is 0 Å². The predicted molar refractivity (Wildman–Crippen MR) is 111 cm³/mol. The second-order valence-electron chi connectivity index (χ2n) is 6.12. The average molecular weight is 386 g/mol. The van der Waals surface area contributed by atoms with Crippen LogP contribution in [0.5, 0.6) is 0 Å². The number of rotatable bonds is 8. The minimum atomic E-state index is 0.0637. The molecule has 0 saturated heterocycles. The van der Waals surface area contributed by atoms with Crippen LogP contribution in [-0.2, 0) is 11.2 Å². The number of aromatic nitrogens is 1. The zero-order chi connectivity index (χ0) is 18.4. The van der Waals surface area contributed by atoms with Crippen LogP contribution >= 0.6 is 22.7 Å². The summed E-state index contributed by atoms with van der Waals surface area (Å²) in [6.45, 7) is 3.58. The first-order valence-electron chi connectivity index (χ1n) is 8.66. The number of carbonyl (C=O) groups excluding carboxylic acids is 1. The minimum absolute atomic E-state index is 0.0637. The largest absolute Gasteiger partial charge is 0.375 e. The molecule has 3 aromatic rings. The maximum absolute atomic E-state index is 12.3. The topological polar surface area (TPSA) is 45.2 Å². The molecule has 2 heterocycles. The highest BCUT2D eigenvalue weighted by atomic mass is 32.1. The van der Waals surface area contributed by atoms with E-state index in [1.807, 2.05) is 36.6 Å². The molecule has 0 unspecified atom stereocenters. The summed E-state index contributed by atoms with van der Waals surface area (Å²) in [7, 11) is 2.07. The van der Waals surface area contributed by atoms with E-state index in [1.165, 1.54) is 5.69 Å². The monoisotopic (exact) mass is 385 g/mol. The van der Waals surface area contributed by atoms with E-state index >= 15 is 0 Å². The standard InChI is InChI=1S/C20H23N3OS2/c1-15-22-20(17-10-6-13-25-17)18(26-15)14-19(24)21-11-7-12-23(2)16-8-4-3-5-9-16/h3-6,8-10,13H,7,11-12,14H2,1-2H3,(H,21,24). The van der Waals surface area contributed by atoms with Crippen LogP contribution in [-0.4, -0.2) is 31.0 Å². The Morgan fingerprint density at radius 3 is 2.73 bits per heavy atom. The van der Waals surface area contributed by atoms with Crippen molar-refractivity contribution in [3.63, 3.8) is 0 Å². The Hall–Kier alpha value is -2.18. The van der Waals surface area contributed by atoms with Gasteiger partial charge in [0.25, 0.3) is 0 Å². The Morgan fingerprint density at radius 1 is 1.19 bits per heavy atom. The lowest BCUT2D eigenvalue weighted by Crippen LogP contribution is -2.29. The Morgan fingerprint density at radius 2 is 2.00 bits per heavy atom. The fourth-order valence-electron chi connectivity index (χ4n) is 2.76. The Kier molecular flexibility index (Phi) is 6.41. The summed E-state index contributed by atoms with van der Waals surface area (Å²) in [5.74, 6) is 0.0637. The molecule has 0 aliphatic heterocycles. The second kappa shape index (κ2) is 8.96. The number of carbonyl (C=O) groups is 1. The highest BCUT2D eigenvalue weighted by molar-refractivity contribution is 7.15. The minimum Gasteiger partial charge on any atom is -0.375 e. The molecular weight excluding hydrogens is 362 g/mol. The van der Waals surface area contributed by atoms with Crippen molar-refractivity contribution < 1.29 is 4.79 Å². The molecule has 0 spiro atoms. The second-order valence-corrected chi connectivity index (χ2v) is 8.35. The van der Waals surface area contributed by atoms with Crippen LogP contribution in [0.3, 0.4) is 0 Å². The van der Waals surface area contributed by atoms with Gasteiger partial charge in [0, 0.05) is 30.7 Å². The van der Waals surface area contributed by atoms with Gasteiger partial charge in [-0.1, -0.05) is 24.3 Å². The van der Waals surface area contributed by atoms with E-state index in [-0.39, 0.29) is 5.91 Å². The van der Waals surface area contributed by atoms with Crippen molar-refractivity contribution in [2.24, 2.45) is 0 Å². The molecule has 0 radical (unpaired) electrons. The molecular formula is C20H23N3OS2. The zero-order valence-corrected chi connectivity index (χ0v) is 16.7. The number of hydrogen-bond donors (Lipinski definition) is 1. The van der Waals surface area contributed by atoms with Crippen molar-refractivity contribution in [2.45, 2.75) is 19.8 Å². The predicted octanol–water partition coefficient (Wildman–Crippen LogP) is 4.37. The zero-order valence-electron chi connectivity index (χ0n) is 15.1. The number of thiazole rings is 1. The van der Waals surface area contributed by atoms with Crippen LogP contribution in [0.4, 0.5) is 5.69 Å². The average Bonchev–Trinajstić information content (AvgIpc) is 3.29. The summed E-state index contributed by atoms with van der Waals surface area (Å²) in [6, 6.07) is 14.4. The van der Waals surface area contributed by atoms with Crippen molar-refractivity contribution in [3.8, 4) is 10.6 Å². The van der Waals surface area contributed by atoms with E-state index in [4.69, 9.17) is 0 Å². The molecule has 4 nitrogen and oxygen atoms in total. The number of anilines is 1. The van der Waals surface area contributed by atoms with Gasteiger partial charge < -0.3 is 10.2 Å². The van der Waals surface area contributed by atoms with Gasteiger partial charge in [0.15, 0.2) is 0 Å². The molecule has 26 heavy (non-hydrogen) atoms. The number of para-hydroxylation sites is 1. The Bertz CT molecular complexity index is 828. The fraction of sp³-hybridized carbons (Fsp3) is 0.300. The normalized spacial score (nSPS) is 10.7. The van der Waals surface area contributed by atoms with Crippen LogP contribution in [0, 0.1) is 6.92 Å². The smallest absolute Gasteiger partial charge is 0.225 e. The van der Waals surface area contributed by atoms with Gasteiger partial charge in [-0.2, -0.15) is 0 Å². The van der Waals surface area contributed by atoms with Crippen molar-refractivity contribution in [3.05, 3.63) is 57.7 Å². The van der Waals surface area contributed by atoms with Crippen molar-refractivity contribution in [1.29, 1.82) is 0 Å². The SMILES string of the molecule is Cc1nc(-c2cccs2)c(CC(=O)NCCCN(C)c2ccccc2)s1. The lowest BCUT2D eigenvalue weighted by Gasteiger charge is -2.19. The van der Waals surface area contributed by atoms with E-state index in [0.717, 1.165) is 33.4 Å². The number of hydrogen-bond acceptors (Lipinski definition) is 5. The Balaban J connectivity index is 1.46. The lowest BCUT2D eigenvalue weighted by atomic mass is 10.2. The van der Waals surface area contributed by atoms with Gasteiger partial charge in [0.2, 0.25) is 5.91 Å². The molecule has 0 aliphatic rings. The third-order valence-corrected chi connectivity index (χ3v) is 5.92. The number of amides is 1. The maximum Gasteiger partial charge on any atom is 0.225 e. The van der Waals surface area contributed by atoms with Crippen molar-refractivity contribution in [1.82, 2.24) is 10.3 Å². The molecule has 6 heteroatoms. The highest BCUT2D eigenvalue weighted by Gasteiger charge is 2.15. The summed E-state index contributed by atoms with van der Waals surface area (Å²) >= 11 is 3.27. The molecule has 0 aliphatic carbocycles. The van der Waals surface area contributed by atoms with Crippen molar-refractivity contribution >= 4 is 34.3 Å². The number of aryl methyl sites for hydroxylation is 1. The van der Waals surface area contributed by atoms with Crippen molar-refractivity contribution in [2.75, 3.05) is 25.0 Å². The summed E-state index contributed by atoms with van der Waals surface area (Å²) < 4.78 is 0. The molecule has 0 fully saturated rings. The molecule has 0 bridgehead atoms. The highest BCUT2D eigenvalue weighted by Crippen LogP contribution is 2.31. The summed E-state index contributed by atoms with van der Waals surface area (Å²) in [5.41, 5.74) is 2.15. The van der Waals surface area contributed by atoms with Gasteiger partial charge in [-0.15, -0.1) is 22.7 Å². The molecule has 2 aromatic heterocycles. The van der Waals surface area contributed by atoms with E-state index in [2.05, 4.69) is 40.4 Å². The van der Waals surface area contributed by atoms with Crippen LogP contribution in [0.2, 0.25) is 0 Å². The first-order valence-corrected chi connectivity index (χ1v) is 10.4. The molecule has 0 saturated carbocycles. The molecule has 136 valence electrons. The lowest BCUT2D eigenvalue weighted by molar-refractivity contribution is -0.120. The van der Waals surface area contributed by atoms with Gasteiger partial charge >= 0.3 is 0 Å². The van der Waals surface area contributed by atoms with Gasteiger partial charge in [-0.25, -0.2) is 4.98 Å². The van der Waals surface area contributed by atoms with Crippen LogP contribution in [0.15, 0.2) is 47.8 Å². The first-order chi connectivity index (χ1) is 12.6. The summed E-state index contributed by atoms with van der Waals surface area (Å²) in [4.78, 5) is 21.3. The van der Waals surface area contributed by atoms with Gasteiger partial charge in [-0.3, -0.25) is 4.79 Å². The van der Waals surface area contributed by atoms with E-state index in [0.29, 0.717) is 13.0 Å². The molecule has 1 amide bonds. The summed E-state index contributed by atoms with van der Waals surface area (Å²) in [6.07, 6.45) is 1.31. The number of nitrogens with one attached hydrogen (secondary N) is 1. The van der Waals surface area contributed by atoms with Gasteiger partial charge in [-0.05, 0) is 36.9 Å². The number of thiophene rings is 1. The van der Waals surface area contributed by atoms with Crippen LogP contribution in [0.1, 0.15) is 16.3 Å². The maximum atomic E-state index is 12.3. The third kappa shape index (κ3) is 4.93. The van der Waals surface area contributed by atoms with Crippen LogP contribution < -0.4 is 10.2 Å². The third-order valence-electron chi connectivity index (χ3n) is 4.07. The van der Waals surface area contributed by atoms with Gasteiger partial charge in [0.05, 0.1) is 22.0 Å².